The zero-order chi connectivity index (χ0) is 17.9. The molecule has 2 aliphatic rings. The second-order valence-corrected chi connectivity index (χ2v) is 5.58. The van der Waals surface area contributed by atoms with E-state index in [2.05, 4.69) is 23.7 Å². The maximum atomic E-state index is 3.21. The van der Waals surface area contributed by atoms with E-state index >= 15 is 0 Å². The summed E-state index contributed by atoms with van der Waals surface area (Å²) in [5, 5.41) is 0. The van der Waals surface area contributed by atoms with Gasteiger partial charge in [-0.1, -0.05) is 90.5 Å². The summed E-state index contributed by atoms with van der Waals surface area (Å²) >= 11 is 0. The van der Waals surface area contributed by atoms with Crippen LogP contribution in [-0.2, 0) is 0 Å². The molecule has 0 saturated heterocycles. The lowest BCUT2D eigenvalue weighted by Gasteiger charge is -1.94. The number of hydrogen-bond acceptors (Lipinski definition) is 0. The van der Waals surface area contributed by atoms with Gasteiger partial charge in [0, 0.05) is 22.3 Å². The lowest BCUT2D eigenvalue weighted by Crippen LogP contribution is -1.80. The Bertz CT molecular complexity index is 939. The first-order chi connectivity index (χ1) is 12.9. The van der Waals surface area contributed by atoms with Crippen molar-refractivity contribution in [1.82, 2.24) is 0 Å². The predicted molar refractivity (Wildman–Crippen MR) is 111 cm³/mol. The molecule has 1 aromatic rings. The van der Waals surface area contributed by atoms with Crippen molar-refractivity contribution >= 4 is 0 Å². The summed E-state index contributed by atoms with van der Waals surface area (Å²) in [7, 11) is 0. The van der Waals surface area contributed by atoms with E-state index in [1.54, 1.807) is 0 Å². The van der Waals surface area contributed by atoms with Crippen LogP contribution in [0.4, 0.5) is 0 Å². The fourth-order valence-electron chi connectivity index (χ4n) is 2.26. The van der Waals surface area contributed by atoms with Gasteiger partial charge < -0.3 is 0 Å². The molecule has 0 fully saturated rings. The molecule has 0 radical (unpaired) electrons. The smallest absolute Gasteiger partial charge is 0.0261 e. The minimum absolute atomic E-state index is 0.956. The molecule has 26 heavy (non-hydrogen) atoms. The van der Waals surface area contributed by atoms with Gasteiger partial charge in [-0.15, -0.1) is 0 Å². The Morgan fingerprint density at radius 2 is 0.923 bits per heavy atom. The van der Waals surface area contributed by atoms with Crippen LogP contribution in [0.25, 0.3) is 0 Å². The molecule has 0 nitrogen and oxygen atoms in total. The Hall–Kier alpha value is -3.74. The van der Waals surface area contributed by atoms with E-state index in [0.29, 0.717) is 0 Å². The zero-order valence-corrected chi connectivity index (χ0v) is 14.4. The monoisotopic (exact) mass is 330 g/mol. The van der Waals surface area contributed by atoms with Gasteiger partial charge >= 0.3 is 0 Å². The van der Waals surface area contributed by atoms with Crippen LogP contribution in [0.15, 0.2) is 120 Å². The van der Waals surface area contributed by atoms with Crippen molar-refractivity contribution in [2.24, 2.45) is 0 Å². The largest absolute Gasteiger partial charge is 0.0623 e. The number of hydrogen-bond donors (Lipinski definition) is 0. The molecule has 0 N–H and O–H groups in total. The first-order valence-corrected chi connectivity index (χ1v) is 8.48. The van der Waals surface area contributed by atoms with Crippen LogP contribution >= 0.6 is 0 Å². The zero-order valence-electron chi connectivity index (χ0n) is 14.4. The Labute approximate surface area is 155 Å². The van der Waals surface area contributed by atoms with E-state index in [1.165, 1.54) is 0 Å². The predicted octanol–water partition coefficient (Wildman–Crippen LogP) is 5.61. The van der Waals surface area contributed by atoms with Gasteiger partial charge in [-0.05, 0) is 42.5 Å². The summed E-state index contributed by atoms with van der Waals surface area (Å²) < 4.78 is 0. The Balaban J connectivity index is 1.78. The highest BCUT2D eigenvalue weighted by Gasteiger charge is 1.92. The van der Waals surface area contributed by atoms with Gasteiger partial charge in [-0.3, -0.25) is 0 Å². The second kappa shape index (κ2) is 9.53. The number of benzene rings is 1. The molecule has 0 spiro atoms. The van der Waals surface area contributed by atoms with Crippen LogP contribution in [0.5, 0.6) is 0 Å². The lowest BCUT2D eigenvalue weighted by molar-refractivity contribution is 1.59. The van der Waals surface area contributed by atoms with Gasteiger partial charge in [-0.2, -0.15) is 0 Å². The van der Waals surface area contributed by atoms with Gasteiger partial charge in [0.2, 0.25) is 0 Å². The van der Waals surface area contributed by atoms with Crippen molar-refractivity contribution in [2.45, 2.75) is 0 Å². The Kier molecular flexibility index (Phi) is 6.27. The maximum Gasteiger partial charge on any atom is 0.0261 e. The SMILES string of the molecule is C(#Cc1cccc(C#CC2=C/C=C\C=C/C=C\2)c1)C1=C/C=C\C=C/C=C\1. The molecule has 3 rings (SSSR count). The minimum atomic E-state index is 0.956. The lowest BCUT2D eigenvalue weighted by atomic mass is 10.1. The quantitative estimate of drug-likeness (QED) is 0.543. The van der Waals surface area contributed by atoms with E-state index in [-0.39, 0.29) is 0 Å². The van der Waals surface area contributed by atoms with E-state index in [1.807, 2.05) is 109 Å². The van der Waals surface area contributed by atoms with Crippen molar-refractivity contribution in [3.8, 4) is 23.7 Å². The molecule has 0 unspecified atom stereocenters. The topological polar surface area (TPSA) is 0 Å². The molecule has 0 aromatic heterocycles. The third-order valence-electron chi connectivity index (χ3n) is 3.56. The third kappa shape index (κ3) is 5.72. The average Bonchev–Trinajstić information content (AvgIpc) is 2.60. The summed E-state index contributed by atoms with van der Waals surface area (Å²) in [4.78, 5) is 0. The standard InChI is InChI=1S/C26H18/c1-3-7-12-23(13-8-4-1)18-20-25-16-11-17-26(22-25)21-19-24-14-9-5-2-6-10-15-24/h1-17,22H/b3-1-,4-1?,5-2-,6-2?,7-3?,8-4-,9-5?,10-6-,12-7-,13-8?,14-9-,15-10?,23-12?,23-13+,24-14?,24-15+. The normalized spacial score (nSPS) is 26.0. The van der Waals surface area contributed by atoms with E-state index in [4.69, 9.17) is 0 Å². The first kappa shape index (κ1) is 17.1. The molecule has 0 bridgehead atoms. The van der Waals surface area contributed by atoms with Gasteiger partial charge in [0.1, 0.15) is 0 Å². The summed E-state index contributed by atoms with van der Waals surface area (Å²) in [5.41, 5.74) is 3.87. The summed E-state index contributed by atoms with van der Waals surface area (Å²) in [6.45, 7) is 0. The second-order valence-electron chi connectivity index (χ2n) is 5.58. The highest BCUT2D eigenvalue weighted by molar-refractivity contribution is 5.52. The van der Waals surface area contributed by atoms with Crippen molar-refractivity contribution in [3.63, 3.8) is 0 Å². The Morgan fingerprint density at radius 3 is 1.46 bits per heavy atom. The molecule has 0 aliphatic heterocycles. The van der Waals surface area contributed by atoms with Crippen molar-refractivity contribution in [3.05, 3.63) is 132 Å². The molecule has 0 atom stereocenters. The molecule has 1 aromatic carbocycles. The molecule has 122 valence electrons. The van der Waals surface area contributed by atoms with Gasteiger partial charge in [0.25, 0.3) is 0 Å². The van der Waals surface area contributed by atoms with Crippen LogP contribution in [0.2, 0.25) is 0 Å². The van der Waals surface area contributed by atoms with Crippen LogP contribution in [0.1, 0.15) is 11.1 Å². The van der Waals surface area contributed by atoms with Crippen LogP contribution in [0.3, 0.4) is 0 Å². The number of rotatable bonds is 0. The van der Waals surface area contributed by atoms with E-state index < -0.39 is 0 Å². The summed E-state index contributed by atoms with van der Waals surface area (Å²) in [5.74, 6) is 12.8. The van der Waals surface area contributed by atoms with E-state index in [9.17, 15) is 0 Å². The Morgan fingerprint density at radius 1 is 0.462 bits per heavy atom. The molecule has 0 saturated carbocycles. The highest BCUT2D eigenvalue weighted by Crippen LogP contribution is 2.06. The molecule has 0 amide bonds. The van der Waals surface area contributed by atoms with Gasteiger partial charge in [0.15, 0.2) is 0 Å². The first-order valence-electron chi connectivity index (χ1n) is 8.48. The number of allylic oxidation sites excluding steroid dienone is 16. The van der Waals surface area contributed by atoms with E-state index in [0.717, 1.165) is 22.3 Å². The summed E-state index contributed by atoms with van der Waals surface area (Å²) in [6.07, 6.45) is 27.9. The van der Waals surface area contributed by atoms with Crippen LogP contribution in [0, 0.1) is 23.7 Å². The summed E-state index contributed by atoms with van der Waals surface area (Å²) in [6, 6.07) is 8.02. The van der Waals surface area contributed by atoms with Gasteiger partial charge in [-0.25, -0.2) is 0 Å². The third-order valence-corrected chi connectivity index (χ3v) is 3.56. The molecular weight excluding hydrogens is 312 g/mol. The van der Waals surface area contributed by atoms with Crippen molar-refractivity contribution < 1.29 is 0 Å². The van der Waals surface area contributed by atoms with Crippen LogP contribution in [-0.4, -0.2) is 0 Å². The average molecular weight is 330 g/mol. The van der Waals surface area contributed by atoms with Crippen molar-refractivity contribution in [1.29, 1.82) is 0 Å². The fraction of sp³-hybridized carbons (Fsp3) is 0. The molecular formula is C26H18. The fourth-order valence-corrected chi connectivity index (χ4v) is 2.26. The van der Waals surface area contributed by atoms with Crippen LogP contribution < -0.4 is 0 Å². The highest BCUT2D eigenvalue weighted by atomic mass is 13.9. The van der Waals surface area contributed by atoms with Crippen molar-refractivity contribution in [2.75, 3.05) is 0 Å². The maximum absolute atomic E-state index is 3.21. The molecule has 2 aliphatic carbocycles. The molecule has 0 heterocycles. The van der Waals surface area contributed by atoms with Gasteiger partial charge in [0.05, 0.1) is 0 Å². The minimum Gasteiger partial charge on any atom is -0.0623 e. The molecule has 0 heteroatoms.